The Morgan fingerprint density at radius 3 is 2.48 bits per heavy atom. The van der Waals surface area contributed by atoms with Crippen molar-refractivity contribution in [2.75, 3.05) is 17.2 Å². The molecule has 1 saturated heterocycles. The minimum atomic E-state index is -0.457. The summed E-state index contributed by atoms with van der Waals surface area (Å²) in [6, 6.07) is 3.32. The first kappa shape index (κ1) is 16.6. The van der Waals surface area contributed by atoms with E-state index >= 15 is 0 Å². The standard InChI is InChI=1S/C16H24F2N2S/c1-10(2)19-9-13-7-14(17)16(15(18)8-13)20-5-6-21-12(4)11(20)3/h7-8,10-12,19H,5-6,9H2,1-4H3. The average Bonchev–Trinajstić information content (AvgIpc) is 2.40. The molecule has 1 aliphatic rings. The summed E-state index contributed by atoms with van der Waals surface area (Å²) in [4.78, 5) is 1.87. The zero-order chi connectivity index (χ0) is 15.6. The van der Waals surface area contributed by atoms with Crippen LogP contribution in [0.25, 0.3) is 0 Å². The Labute approximate surface area is 130 Å². The number of nitrogens with one attached hydrogen (secondary N) is 1. The summed E-state index contributed by atoms with van der Waals surface area (Å²) in [5.74, 6) is -0.0101. The average molecular weight is 314 g/mol. The first-order valence-corrected chi connectivity index (χ1v) is 8.54. The lowest BCUT2D eigenvalue weighted by Crippen LogP contribution is -2.45. The second-order valence-electron chi connectivity index (χ2n) is 5.95. The van der Waals surface area contributed by atoms with E-state index in [0.29, 0.717) is 23.9 Å². The second kappa shape index (κ2) is 6.97. The lowest BCUT2D eigenvalue weighted by Gasteiger charge is -2.39. The molecule has 21 heavy (non-hydrogen) atoms. The largest absolute Gasteiger partial charge is 0.362 e. The van der Waals surface area contributed by atoms with E-state index < -0.39 is 11.6 Å². The van der Waals surface area contributed by atoms with Crippen LogP contribution in [0.3, 0.4) is 0 Å². The van der Waals surface area contributed by atoms with Gasteiger partial charge in [0.05, 0.1) is 0 Å². The molecule has 1 aromatic rings. The third-order valence-corrected chi connectivity index (χ3v) is 5.30. The van der Waals surface area contributed by atoms with Gasteiger partial charge in [0.1, 0.15) is 17.3 Å². The molecule has 0 saturated carbocycles. The summed E-state index contributed by atoms with van der Waals surface area (Å²) in [6.07, 6.45) is 0. The van der Waals surface area contributed by atoms with Crippen LogP contribution in [0.4, 0.5) is 14.5 Å². The van der Waals surface area contributed by atoms with E-state index in [9.17, 15) is 8.78 Å². The van der Waals surface area contributed by atoms with Gasteiger partial charge in [-0.1, -0.05) is 20.8 Å². The zero-order valence-electron chi connectivity index (χ0n) is 13.1. The van der Waals surface area contributed by atoms with E-state index in [2.05, 4.69) is 12.2 Å². The molecule has 2 nitrogen and oxygen atoms in total. The third-order valence-electron chi connectivity index (χ3n) is 3.96. The Hall–Kier alpha value is -0.810. The molecule has 2 rings (SSSR count). The van der Waals surface area contributed by atoms with Crippen molar-refractivity contribution in [3.63, 3.8) is 0 Å². The van der Waals surface area contributed by atoms with Crippen LogP contribution in [-0.4, -0.2) is 29.6 Å². The van der Waals surface area contributed by atoms with Crippen LogP contribution in [0.5, 0.6) is 0 Å². The van der Waals surface area contributed by atoms with Gasteiger partial charge in [0, 0.05) is 36.2 Å². The Balaban J connectivity index is 2.24. The highest BCUT2D eigenvalue weighted by atomic mass is 32.2. The number of halogens is 2. The van der Waals surface area contributed by atoms with Crippen LogP contribution in [0, 0.1) is 11.6 Å². The van der Waals surface area contributed by atoms with Crippen molar-refractivity contribution in [3.05, 3.63) is 29.3 Å². The molecule has 2 unspecified atom stereocenters. The first-order chi connectivity index (χ1) is 9.90. The Morgan fingerprint density at radius 1 is 1.29 bits per heavy atom. The van der Waals surface area contributed by atoms with Crippen molar-refractivity contribution in [2.45, 2.75) is 51.6 Å². The van der Waals surface area contributed by atoms with Crippen molar-refractivity contribution in [1.29, 1.82) is 0 Å². The van der Waals surface area contributed by atoms with E-state index in [1.165, 1.54) is 12.1 Å². The maximum atomic E-state index is 14.4. The van der Waals surface area contributed by atoms with E-state index in [1.54, 1.807) is 0 Å². The number of hydrogen-bond donors (Lipinski definition) is 1. The lowest BCUT2D eigenvalue weighted by molar-refractivity contribution is 0.535. The number of hydrogen-bond acceptors (Lipinski definition) is 3. The van der Waals surface area contributed by atoms with Crippen molar-refractivity contribution in [2.24, 2.45) is 0 Å². The fourth-order valence-electron chi connectivity index (χ4n) is 2.57. The summed E-state index contributed by atoms with van der Waals surface area (Å²) in [5.41, 5.74) is 0.775. The molecule has 0 bridgehead atoms. The number of thioether (sulfide) groups is 1. The van der Waals surface area contributed by atoms with Gasteiger partial charge in [-0.05, 0) is 24.6 Å². The van der Waals surface area contributed by atoms with Crippen LogP contribution in [0.1, 0.15) is 33.3 Å². The molecule has 1 N–H and O–H groups in total. The van der Waals surface area contributed by atoms with E-state index in [0.717, 1.165) is 5.75 Å². The van der Waals surface area contributed by atoms with Crippen LogP contribution in [0.15, 0.2) is 12.1 Å². The lowest BCUT2D eigenvalue weighted by atomic mass is 10.1. The highest BCUT2D eigenvalue weighted by Crippen LogP contribution is 2.33. The Morgan fingerprint density at radius 2 is 1.90 bits per heavy atom. The molecule has 2 atom stereocenters. The van der Waals surface area contributed by atoms with Crippen molar-refractivity contribution < 1.29 is 8.78 Å². The third kappa shape index (κ3) is 3.89. The monoisotopic (exact) mass is 314 g/mol. The van der Waals surface area contributed by atoms with Gasteiger partial charge in [-0.3, -0.25) is 0 Å². The van der Waals surface area contributed by atoms with Gasteiger partial charge in [0.25, 0.3) is 0 Å². The predicted octanol–water partition coefficient (Wildman–Crippen LogP) is 3.79. The van der Waals surface area contributed by atoms with Crippen molar-refractivity contribution >= 4 is 17.4 Å². The fourth-order valence-corrected chi connectivity index (χ4v) is 3.66. The van der Waals surface area contributed by atoms with Gasteiger partial charge < -0.3 is 10.2 Å². The Bertz CT molecular complexity index is 470. The smallest absolute Gasteiger partial charge is 0.149 e. The molecule has 0 aliphatic carbocycles. The summed E-state index contributed by atoms with van der Waals surface area (Å²) >= 11 is 1.85. The molecule has 0 amide bonds. The first-order valence-electron chi connectivity index (χ1n) is 7.49. The molecule has 0 spiro atoms. The fraction of sp³-hybridized carbons (Fsp3) is 0.625. The van der Waals surface area contributed by atoms with Crippen LogP contribution in [0.2, 0.25) is 0 Å². The van der Waals surface area contributed by atoms with E-state index in [-0.39, 0.29) is 17.8 Å². The highest BCUT2D eigenvalue weighted by Gasteiger charge is 2.29. The number of nitrogens with zero attached hydrogens (tertiary/aromatic N) is 1. The van der Waals surface area contributed by atoms with Gasteiger partial charge in [-0.25, -0.2) is 8.78 Å². The second-order valence-corrected chi connectivity index (χ2v) is 7.44. The summed E-state index contributed by atoms with van der Waals surface area (Å²) in [5, 5.41) is 3.56. The normalized spacial score (nSPS) is 22.9. The molecule has 1 aliphatic heterocycles. The molecule has 118 valence electrons. The quantitative estimate of drug-likeness (QED) is 0.910. The molecule has 0 aromatic heterocycles. The molecule has 1 heterocycles. The molecule has 0 radical (unpaired) electrons. The van der Waals surface area contributed by atoms with Crippen LogP contribution in [-0.2, 0) is 6.54 Å². The number of benzene rings is 1. The number of rotatable bonds is 4. The highest BCUT2D eigenvalue weighted by molar-refractivity contribution is 8.00. The van der Waals surface area contributed by atoms with Crippen molar-refractivity contribution in [3.8, 4) is 0 Å². The van der Waals surface area contributed by atoms with Crippen LogP contribution < -0.4 is 10.2 Å². The summed E-state index contributed by atoms with van der Waals surface area (Å²) < 4.78 is 28.8. The maximum absolute atomic E-state index is 14.4. The molecular weight excluding hydrogens is 290 g/mol. The van der Waals surface area contributed by atoms with Crippen molar-refractivity contribution in [1.82, 2.24) is 5.32 Å². The topological polar surface area (TPSA) is 15.3 Å². The summed E-state index contributed by atoms with van der Waals surface area (Å²) in [6.45, 7) is 9.33. The molecular formula is C16H24F2N2S. The van der Waals surface area contributed by atoms with Gasteiger partial charge in [-0.2, -0.15) is 11.8 Å². The minimum absolute atomic E-state index is 0.128. The predicted molar refractivity (Wildman–Crippen MR) is 87.1 cm³/mol. The Kier molecular flexibility index (Phi) is 5.49. The minimum Gasteiger partial charge on any atom is -0.362 e. The summed E-state index contributed by atoms with van der Waals surface area (Å²) in [7, 11) is 0. The van der Waals surface area contributed by atoms with Gasteiger partial charge in [0.15, 0.2) is 0 Å². The van der Waals surface area contributed by atoms with Crippen LogP contribution >= 0.6 is 11.8 Å². The molecule has 1 fully saturated rings. The van der Waals surface area contributed by atoms with E-state index in [4.69, 9.17) is 0 Å². The molecule has 5 heteroatoms. The van der Waals surface area contributed by atoms with E-state index in [1.807, 2.05) is 37.4 Å². The maximum Gasteiger partial charge on any atom is 0.149 e. The van der Waals surface area contributed by atoms with Gasteiger partial charge in [0.2, 0.25) is 0 Å². The molecule has 1 aromatic carbocycles. The zero-order valence-corrected chi connectivity index (χ0v) is 13.9. The SMILES string of the molecule is CC(C)NCc1cc(F)c(N2CCSC(C)C2C)c(F)c1. The van der Waals surface area contributed by atoms with Gasteiger partial charge >= 0.3 is 0 Å². The number of anilines is 1. The van der Waals surface area contributed by atoms with Gasteiger partial charge in [-0.15, -0.1) is 0 Å².